The number of aromatic nitrogens is 1. The molecule has 8 heteroatoms. The van der Waals surface area contributed by atoms with Gasteiger partial charge in [-0.2, -0.15) is 0 Å². The molecule has 5 nitrogen and oxygen atoms in total. The number of amides is 2. The zero-order chi connectivity index (χ0) is 22.8. The van der Waals surface area contributed by atoms with E-state index in [-0.39, 0.29) is 11.1 Å². The van der Waals surface area contributed by atoms with Crippen molar-refractivity contribution in [2.75, 3.05) is 20.3 Å². The number of para-hydroxylation sites is 1. The summed E-state index contributed by atoms with van der Waals surface area (Å²) in [7, 11) is 1.60. The van der Waals surface area contributed by atoms with Gasteiger partial charge in [0.15, 0.2) is 0 Å². The number of hydrogen-bond donors (Lipinski definition) is 0. The summed E-state index contributed by atoms with van der Waals surface area (Å²) in [5.74, 6) is -0.256. The van der Waals surface area contributed by atoms with Crippen molar-refractivity contribution in [3.63, 3.8) is 0 Å². The lowest BCUT2D eigenvalue weighted by Crippen LogP contribution is -2.29. The van der Waals surface area contributed by atoms with Gasteiger partial charge in [-0.3, -0.25) is 14.5 Å². The van der Waals surface area contributed by atoms with Gasteiger partial charge in [-0.25, -0.2) is 0 Å². The summed E-state index contributed by atoms with van der Waals surface area (Å²) in [6.45, 7) is 3.43. The Hall–Kier alpha value is -2.25. The van der Waals surface area contributed by atoms with Crippen molar-refractivity contribution in [1.82, 2.24) is 9.47 Å². The molecule has 2 heterocycles. The predicted octanol–water partition coefficient (Wildman–Crippen LogP) is 6.38. The molecule has 0 spiro atoms. The molecule has 32 heavy (non-hydrogen) atoms. The van der Waals surface area contributed by atoms with E-state index in [9.17, 15) is 9.59 Å². The van der Waals surface area contributed by atoms with E-state index >= 15 is 0 Å². The van der Waals surface area contributed by atoms with Crippen LogP contribution in [0, 0.1) is 6.92 Å². The minimum Gasteiger partial charge on any atom is -0.385 e. The number of nitrogens with zero attached hydrogens (tertiary/aromatic N) is 2. The summed E-state index contributed by atoms with van der Waals surface area (Å²) in [5, 5.41) is 1.97. The second-order valence-electron chi connectivity index (χ2n) is 7.52. The molecule has 0 radical (unpaired) electrons. The average molecular weight is 489 g/mol. The standard InChI is InChI=1S/C24H22Cl2N2O3S/c1-15-19(13-22-23(29)27(24(30)32-22)10-5-11-31-2)18-6-3-4-7-21(18)28(15)14-16-8-9-17(25)12-20(16)26/h3-4,6-9,12-13H,5,10-11,14H2,1-2H3/b22-13+. The minimum absolute atomic E-state index is 0.244. The number of halogens is 2. The lowest BCUT2D eigenvalue weighted by Gasteiger charge is -2.11. The monoisotopic (exact) mass is 488 g/mol. The van der Waals surface area contributed by atoms with E-state index in [2.05, 4.69) is 4.57 Å². The smallest absolute Gasteiger partial charge is 0.293 e. The Kier molecular flexibility index (Phi) is 6.96. The lowest BCUT2D eigenvalue weighted by molar-refractivity contribution is -0.122. The summed E-state index contributed by atoms with van der Waals surface area (Å²) in [4.78, 5) is 27.0. The molecule has 1 saturated heterocycles. The van der Waals surface area contributed by atoms with Gasteiger partial charge in [-0.05, 0) is 54.9 Å². The van der Waals surface area contributed by atoms with Crippen molar-refractivity contribution < 1.29 is 14.3 Å². The van der Waals surface area contributed by atoms with Crippen molar-refractivity contribution in [3.05, 3.63) is 74.2 Å². The first kappa shape index (κ1) is 22.9. The van der Waals surface area contributed by atoms with E-state index in [0.717, 1.165) is 39.5 Å². The summed E-state index contributed by atoms with van der Waals surface area (Å²) in [6, 6.07) is 13.5. The van der Waals surface area contributed by atoms with Crippen LogP contribution >= 0.6 is 35.0 Å². The van der Waals surface area contributed by atoms with Crippen molar-refractivity contribution in [1.29, 1.82) is 0 Å². The normalized spacial score (nSPS) is 15.5. The molecule has 3 aromatic rings. The molecular weight excluding hydrogens is 467 g/mol. The van der Waals surface area contributed by atoms with E-state index in [1.165, 1.54) is 4.90 Å². The SMILES string of the molecule is COCCCN1C(=O)S/C(=C/c2c(C)n(Cc3ccc(Cl)cc3Cl)c3ccccc23)C1=O. The molecule has 2 aromatic carbocycles. The van der Waals surface area contributed by atoms with Crippen molar-refractivity contribution in [3.8, 4) is 0 Å². The first-order valence-electron chi connectivity index (χ1n) is 10.2. The number of hydrogen-bond acceptors (Lipinski definition) is 4. The van der Waals surface area contributed by atoms with Gasteiger partial charge < -0.3 is 9.30 Å². The van der Waals surface area contributed by atoms with Gasteiger partial charge in [-0.1, -0.05) is 47.5 Å². The molecule has 0 N–H and O–H groups in total. The first-order valence-corrected chi connectivity index (χ1v) is 11.7. The zero-order valence-electron chi connectivity index (χ0n) is 17.7. The lowest BCUT2D eigenvalue weighted by atomic mass is 10.1. The summed E-state index contributed by atoms with van der Waals surface area (Å²) in [5.41, 5.74) is 3.89. The van der Waals surface area contributed by atoms with Crippen LogP contribution in [0.3, 0.4) is 0 Å². The molecule has 1 fully saturated rings. The van der Waals surface area contributed by atoms with E-state index in [1.54, 1.807) is 13.2 Å². The van der Waals surface area contributed by atoms with Crippen molar-refractivity contribution in [2.24, 2.45) is 0 Å². The molecule has 166 valence electrons. The number of methoxy groups -OCH3 is 1. The molecular formula is C24H22Cl2N2O3S. The second kappa shape index (κ2) is 9.71. The Morgan fingerprint density at radius 2 is 1.91 bits per heavy atom. The summed E-state index contributed by atoms with van der Waals surface area (Å²) in [6.07, 6.45) is 2.45. The fraction of sp³-hybridized carbons (Fsp3) is 0.250. The van der Waals surface area contributed by atoms with Crippen LogP contribution in [0.15, 0.2) is 47.4 Å². The number of carbonyl (C=O) groups excluding carboxylic acids is 2. The number of rotatable bonds is 7. The van der Waals surface area contributed by atoms with E-state index < -0.39 is 0 Å². The third-order valence-electron chi connectivity index (χ3n) is 5.50. The van der Waals surface area contributed by atoms with Gasteiger partial charge in [0.05, 0.1) is 4.91 Å². The molecule has 2 amide bonds. The average Bonchev–Trinajstić information content (AvgIpc) is 3.18. The molecule has 0 bridgehead atoms. The van der Waals surface area contributed by atoms with Gasteiger partial charge >= 0.3 is 0 Å². The molecule has 0 saturated carbocycles. The minimum atomic E-state index is -0.256. The van der Waals surface area contributed by atoms with Gasteiger partial charge in [-0.15, -0.1) is 0 Å². The zero-order valence-corrected chi connectivity index (χ0v) is 20.1. The van der Waals surface area contributed by atoms with E-state index in [0.29, 0.717) is 41.1 Å². The highest BCUT2D eigenvalue weighted by molar-refractivity contribution is 8.18. The molecule has 1 aliphatic rings. The van der Waals surface area contributed by atoms with E-state index in [1.807, 2.05) is 49.4 Å². The van der Waals surface area contributed by atoms with Crippen LogP contribution in [0.4, 0.5) is 4.79 Å². The fourth-order valence-electron chi connectivity index (χ4n) is 3.85. The van der Waals surface area contributed by atoms with Crippen LogP contribution in [0.2, 0.25) is 10.0 Å². The third kappa shape index (κ3) is 4.46. The van der Waals surface area contributed by atoms with Crippen LogP contribution in [-0.2, 0) is 16.1 Å². The van der Waals surface area contributed by atoms with Gasteiger partial charge in [0, 0.05) is 59.0 Å². The Labute approximate surface area is 200 Å². The maximum atomic E-state index is 12.9. The quantitative estimate of drug-likeness (QED) is 0.286. The van der Waals surface area contributed by atoms with Gasteiger partial charge in [0.1, 0.15) is 0 Å². The Morgan fingerprint density at radius 1 is 1.12 bits per heavy atom. The number of thioether (sulfide) groups is 1. The number of carbonyl (C=O) groups is 2. The summed E-state index contributed by atoms with van der Waals surface area (Å²) >= 11 is 13.5. The van der Waals surface area contributed by atoms with Crippen LogP contribution in [0.1, 0.15) is 23.2 Å². The third-order valence-corrected chi connectivity index (χ3v) is 7.00. The Bertz CT molecular complexity index is 1240. The highest BCUT2D eigenvalue weighted by atomic mass is 35.5. The highest BCUT2D eigenvalue weighted by Crippen LogP contribution is 2.36. The van der Waals surface area contributed by atoms with Crippen LogP contribution in [-0.4, -0.2) is 40.9 Å². The summed E-state index contributed by atoms with van der Waals surface area (Å²) < 4.78 is 7.20. The first-order chi connectivity index (χ1) is 15.4. The molecule has 1 aliphatic heterocycles. The number of fused-ring (bicyclic) bond motifs is 1. The molecule has 4 rings (SSSR count). The predicted molar refractivity (Wildman–Crippen MR) is 131 cm³/mol. The van der Waals surface area contributed by atoms with Crippen LogP contribution < -0.4 is 0 Å². The van der Waals surface area contributed by atoms with Crippen LogP contribution in [0.5, 0.6) is 0 Å². The molecule has 1 aromatic heterocycles. The Balaban J connectivity index is 1.72. The fourth-order valence-corrected chi connectivity index (χ4v) is 5.17. The van der Waals surface area contributed by atoms with Crippen molar-refractivity contribution in [2.45, 2.75) is 19.9 Å². The Morgan fingerprint density at radius 3 is 2.66 bits per heavy atom. The maximum absolute atomic E-state index is 12.9. The van der Waals surface area contributed by atoms with Gasteiger partial charge in [0.2, 0.25) is 0 Å². The van der Waals surface area contributed by atoms with Crippen molar-refractivity contribution >= 4 is 63.1 Å². The second-order valence-corrected chi connectivity index (χ2v) is 9.35. The molecule has 0 unspecified atom stereocenters. The maximum Gasteiger partial charge on any atom is 0.293 e. The largest absolute Gasteiger partial charge is 0.385 e. The molecule has 0 atom stereocenters. The number of ether oxygens (including phenoxy) is 1. The topological polar surface area (TPSA) is 51.5 Å². The number of imide groups is 1. The molecule has 0 aliphatic carbocycles. The van der Waals surface area contributed by atoms with E-state index in [4.69, 9.17) is 27.9 Å². The van der Waals surface area contributed by atoms with Crippen LogP contribution in [0.25, 0.3) is 17.0 Å². The number of benzene rings is 2. The highest BCUT2D eigenvalue weighted by Gasteiger charge is 2.35. The van der Waals surface area contributed by atoms with Gasteiger partial charge in [0.25, 0.3) is 11.1 Å².